The Morgan fingerprint density at radius 2 is 1.56 bits per heavy atom. The summed E-state index contributed by atoms with van der Waals surface area (Å²) in [5, 5.41) is 5.73. The number of nitrogens with zero attached hydrogens (tertiary/aromatic N) is 2. The number of carbonyl (C=O) groups excluding carboxylic acids is 2. The van der Waals surface area contributed by atoms with Crippen LogP contribution in [0.15, 0.2) is 24.3 Å². The molecule has 0 aromatic heterocycles. The van der Waals surface area contributed by atoms with Crippen LogP contribution >= 0.6 is 0 Å². The molecule has 0 saturated carbocycles. The summed E-state index contributed by atoms with van der Waals surface area (Å²) >= 11 is 0. The van der Waals surface area contributed by atoms with Crippen LogP contribution in [0.2, 0.25) is 0 Å². The molecule has 1 aromatic carbocycles. The number of hydrogen-bond acceptors (Lipinski definition) is 4. The summed E-state index contributed by atoms with van der Waals surface area (Å²) < 4.78 is 12.9. The average Bonchev–Trinajstić information content (AvgIpc) is 2.58. The first-order valence-electron chi connectivity index (χ1n) is 8.75. The van der Waals surface area contributed by atoms with Crippen molar-refractivity contribution in [1.82, 2.24) is 15.1 Å². The molecule has 0 radical (unpaired) electrons. The fourth-order valence-electron chi connectivity index (χ4n) is 2.67. The molecule has 1 aliphatic heterocycles. The van der Waals surface area contributed by atoms with Crippen molar-refractivity contribution in [2.24, 2.45) is 0 Å². The first kappa shape index (κ1) is 19.3. The van der Waals surface area contributed by atoms with E-state index in [2.05, 4.69) is 20.4 Å². The van der Waals surface area contributed by atoms with Crippen molar-refractivity contribution in [2.45, 2.75) is 26.3 Å². The molecule has 1 aromatic rings. The second kappa shape index (κ2) is 9.48. The maximum Gasteiger partial charge on any atom is 0.238 e. The Bertz CT molecular complexity index is 571. The Morgan fingerprint density at radius 3 is 2.08 bits per heavy atom. The van der Waals surface area contributed by atoms with Gasteiger partial charge in [-0.3, -0.25) is 19.4 Å². The number of anilines is 1. The van der Waals surface area contributed by atoms with E-state index in [1.165, 1.54) is 12.1 Å². The van der Waals surface area contributed by atoms with Crippen LogP contribution in [0.3, 0.4) is 0 Å². The number of amides is 2. The fourth-order valence-corrected chi connectivity index (χ4v) is 2.67. The first-order chi connectivity index (χ1) is 12.0. The van der Waals surface area contributed by atoms with E-state index in [1.807, 2.05) is 13.8 Å². The summed E-state index contributed by atoms with van der Waals surface area (Å²) in [4.78, 5) is 28.1. The minimum absolute atomic E-state index is 0.0526. The van der Waals surface area contributed by atoms with E-state index >= 15 is 0 Å². The minimum atomic E-state index is -0.327. The van der Waals surface area contributed by atoms with E-state index in [-0.39, 0.29) is 23.7 Å². The van der Waals surface area contributed by atoms with Crippen LogP contribution in [0, 0.1) is 5.82 Å². The smallest absolute Gasteiger partial charge is 0.238 e. The zero-order chi connectivity index (χ0) is 18.2. The van der Waals surface area contributed by atoms with Crippen LogP contribution < -0.4 is 10.6 Å². The van der Waals surface area contributed by atoms with Crippen LogP contribution in [-0.2, 0) is 9.59 Å². The Labute approximate surface area is 148 Å². The van der Waals surface area contributed by atoms with Gasteiger partial charge in [-0.1, -0.05) is 6.92 Å². The minimum Gasteiger partial charge on any atom is -0.353 e. The summed E-state index contributed by atoms with van der Waals surface area (Å²) in [5.74, 6) is -0.391. The van der Waals surface area contributed by atoms with Crippen LogP contribution in [-0.4, -0.2) is 66.9 Å². The molecule has 138 valence electrons. The highest BCUT2D eigenvalue weighted by atomic mass is 19.1. The van der Waals surface area contributed by atoms with Gasteiger partial charge in [-0.15, -0.1) is 0 Å². The molecule has 6 nitrogen and oxygen atoms in total. The fraction of sp³-hybridized carbons (Fsp3) is 0.556. The van der Waals surface area contributed by atoms with Crippen molar-refractivity contribution < 1.29 is 14.0 Å². The molecule has 1 saturated heterocycles. The van der Waals surface area contributed by atoms with Crippen molar-refractivity contribution in [3.05, 3.63) is 30.1 Å². The second-order valence-electron chi connectivity index (χ2n) is 6.48. The third-order valence-electron chi connectivity index (χ3n) is 4.35. The molecule has 0 bridgehead atoms. The number of halogens is 1. The van der Waals surface area contributed by atoms with E-state index in [0.717, 1.165) is 32.6 Å². The number of benzene rings is 1. The maximum absolute atomic E-state index is 12.9. The highest BCUT2D eigenvalue weighted by Crippen LogP contribution is 2.09. The summed E-state index contributed by atoms with van der Waals surface area (Å²) in [7, 11) is 0. The SMILES string of the molecule is CC[C@H](C)NC(=O)CN1CCN(CC(=O)Nc2ccc(F)cc2)CC1. The van der Waals surface area contributed by atoms with Crippen molar-refractivity contribution in [1.29, 1.82) is 0 Å². The van der Waals surface area contributed by atoms with Crippen LogP contribution in [0.25, 0.3) is 0 Å². The lowest BCUT2D eigenvalue weighted by Gasteiger charge is -2.34. The highest BCUT2D eigenvalue weighted by Gasteiger charge is 2.21. The lowest BCUT2D eigenvalue weighted by molar-refractivity contribution is -0.124. The zero-order valence-corrected chi connectivity index (χ0v) is 14.9. The van der Waals surface area contributed by atoms with Crippen LogP contribution in [0.5, 0.6) is 0 Å². The third-order valence-corrected chi connectivity index (χ3v) is 4.35. The van der Waals surface area contributed by atoms with Gasteiger partial charge in [0.1, 0.15) is 5.82 Å². The average molecular weight is 350 g/mol. The van der Waals surface area contributed by atoms with Gasteiger partial charge >= 0.3 is 0 Å². The van der Waals surface area contributed by atoms with Crippen molar-refractivity contribution >= 4 is 17.5 Å². The molecule has 1 aliphatic rings. The molecule has 1 heterocycles. The quantitative estimate of drug-likeness (QED) is 0.778. The molecule has 2 N–H and O–H groups in total. The van der Waals surface area contributed by atoms with Gasteiger partial charge in [-0.05, 0) is 37.6 Å². The number of piperazine rings is 1. The molecule has 0 spiro atoms. The van der Waals surface area contributed by atoms with E-state index in [1.54, 1.807) is 12.1 Å². The zero-order valence-electron chi connectivity index (χ0n) is 14.9. The Hall–Kier alpha value is -1.99. The van der Waals surface area contributed by atoms with Gasteiger partial charge < -0.3 is 10.6 Å². The van der Waals surface area contributed by atoms with Crippen LogP contribution in [0.1, 0.15) is 20.3 Å². The summed E-state index contributed by atoms with van der Waals surface area (Å²) in [6, 6.07) is 5.92. The molecule has 1 atom stereocenters. The Balaban J connectivity index is 1.68. The monoisotopic (exact) mass is 350 g/mol. The predicted octanol–water partition coefficient (Wildman–Crippen LogP) is 1.30. The molecule has 1 fully saturated rings. The molecule has 0 aliphatic carbocycles. The van der Waals surface area contributed by atoms with Crippen molar-refractivity contribution in [2.75, 3.05) is 44.6 Å². The lowest BCUT2D eigenvalue weighted by atomic mass is 10.2. The second-order valence-corrected chi connectivity index (χ2v) is 6.48. The molecule has 2 amide bonds. The van der Waals surface area contributed by atoms with E-state index in [9.17, 15) is 14.0 Å². The normalized spacial score (nSPS) is 17.1. The highest BCUT2D eigenvalue weighted by molar-refractivity contribution is 5.92. The summed E-state index contributed by atoms with van der Waals surface area (Å²) in [6.45, 7) is 7.75. The molecule has 0 unspecified atom stereocenters. The van der Waals surface area contributed by atoms with Gasteiger partial charge in [-0.2, -0.15) is 0 Å². The number of nitrogens with one attached hydrogen (secondary N) is 2. The number of rotatable bonds is 7. The Morgan fingerprint density at radius 1 is 1.04 bits per heavy atom. The number of hydrogen-bond donors (Lipinski definition) is 2. The van der Waals surface area contributed by atoms with Gasteiger partial charge in [0.05, 0.1) is 13.1 Å². The maximum atomic E-state index is 12.9. The summed E-state index contributed by atoms with van der Waals surface area (Å²) in [5.41, 5.74) is 0.590. The van der Waals surface area contributed by atoms with Gasteiger partial charge in [0.2, 0.25) is 11.8 Å². The molecule has 7 heteroatoms. The van der Waals surface area contributed by atoms with Crippen LogP contribution in [0.4, 0.5) is 10.1 Å². The van der Waals surface area contributed by atoms with Gasteiger partial charge in [0.15, 0.2) is 0 Å². The third kappa shape index (κ3) is 6.80. The topological polar surface area (TPSA) is 64.7 Å². The van der Waals surface area contributed by atoms with E-state index in [0.29, 0.717) is 18.8 Å². The van der Waals surface area contributed by atoms with Gasteiger partial charge in [0, 0.05) is 37.9 Å². The molecule has 2 rings (SSSR count). The largest absolute Gasteiger partial charge is 0.353 e. The van der Waals surface area contributed by atoms with E-state index < -0.39 is 0 Å². The van der Waals surface area contributed by atoms with Crippen molar-refractivity contribution in [3.63, 3.8) is 0 Å². The standard InChI is InChI=1S/C18H27FN4O2/c1-3-14(2)20-17(24)12-22-8-10-23(11-9-22)13-18(25)21-16-6-4-15(19)5-7-16/h4-7,14H,3,8-13H2,1-2H3,(H,20,24)(H,21,25)/t14-/m0/s1. The molecular weight excluding hydrogens is 323 g/mol. The number of carbonyl (C=O) groups is 2. The Kier molecular flexibility index (Phi) is 7.33. The van der Waals surface area contributed by atoms with Gasteiger partial charge in [0.25, 0.3) is 0 Å². The first-order valence-corrected chi connectivity index (χ1v) is 8.75. The van der Waals surface area contributed by atoms with E-state index in [4.69, 9.17) is 0 Å². The van der Waals surface area contributed by atoms with Gasteiger partial charge in [-0.25, -0.2) is 4.39 Å². The molecular formula is C18H27FN4O2. The molecule has 25 heavy (non-hydrogen) atoms. The summed E-state index contributed by atoms with van der Waals surface area (Å²) in [6.07, 6.45) is 0.919. The van der Waals surface area contributed by atoms with Crippen molar-refractivity contribution in [3.8, 4) is 0 Å². The predicted molar refractivity (Wildman–Crippen MR) is 95.8 cm³/mol. The lowest BCUT2D eigenvalue weighted by Crippen LogP contribution is -2.51.